The summed E-state index contributed by atoms with van der Waals surface area (Å²) in [6.07, 6.45) is 1.00. The van der Waals surface area contributed by atoms with Crippen LogP contribution in [-0.4, -0.2) is 30.7 Å². The van der Waals surface area contributed by atoms with Crippen molar-refractivity contribution in [2.75, 3.05) is 24.7 Å². The van der Waals surface area contributed by atoms with E-state index in [4.69, 9.17) is 9.47 Å². The Labute approximate surface area is 181 Å². The van der Waals surface area contributed by atoms with Crippen molar-refractivity contribution in [3.8, 4) is 17.6 Å². The highest BCUT2D eigenvalue weighted by molar-refractivity contribution is 8.17. The molecule has 0 saturated heterocycles. The number of fused-ring (bicyclic) bond motifs is 1. The Morgan fingerprint density at radius 3 is 2.34 bits per heavy atom. The van der Waals surface area contributed by atoms with Gasteiger partial charge in [-0.05, 0) is 60.9 Å². The van der Waals surface area contributed by atoms with Gasteiger partial charge in [0.15, 0.2) is 0 Å². The van der Waals surface area contributed by atoms with E-state index in [0.717, 1.165) is 41.4 Å². The van der Waals surface area contributed by atoms with Crippen LogP contribution in [0, 0.1) is 11.8 Å². The summed E-state index contributed by atoms with van der Waals surface area (Å²) in [5.74, 6) is 9.27. The number of benzene rings is 2. The lowest BCUT2D eigenvalue weighted by Gasteiger charge is -2.37. The SMILES string of the molecule is CCOC(=O)c1ccc(C#Cc2ccc3c(c2)C(SCC)(SCC)CCO3)cc1. The minimum absolute atomic E-state index is 0.0378. The molecule has 3 rings (SSSR count). The van der Waals surface area contributed by atoms with Gasteiger partial charge in [0.25, 0.3) is 0 Å². The van der Waals surface area contributed by atoms with Gasteiger partial charge in [0, 0.05) is 23.1 Å². The second-order valence-electron chi connectivity index (χ2n) is 6.48. The minimum atomic E-state index is -0.306. The monoisotopic (exact) mass is 426 g/mol. The normalized spacial score (nSPS) is 14.2. The van der Waals surface area contributed by atoms with E-state index >= 15 is 0 Å². The van der Waals surface area contributed by atoms with E-state index < -0.39 is 0 Å². The second kappa shape index (κ2) is 10.1. The van der Waals surface area contributed by atoms with E-state index in [-0.39, 0.29) is 10.0 Å². The van der Waals surface area contributed by atoms with E-state index in [1.165, 1.54) is 5.56 Å². The molecule has 0 fully saturated rings. The lowest BCUT2D eigenvalue weighted by molar-refractivity contribution is 0.0526. The lowest BCUT2D eigenvalue weighted by Crippen LogP contribution is -2.27. The van der Waals surface area contributed by atoms with E-state index in [1.54, 1.807) is 19.1 Å². The molecule has 1 aliphatic rings. The van der Waals surface area contributed by atoms with Gasteiger partial charge in [0.1, 0.15) is 5.75 Å². The fourth-order valence-electron chi connectivity index (χ4n) is 3.32. The Balaban J connectivity index is 1.86. The van der Waals surface area contributed by atoms with Crippen LogP contribution in [0.15, 0.2) is 42.5 Å². The highest BCUT2D eigenvalue weighted by Crippen LogP contribution is 2.54. The number of esters is 1. The summed E-state index contributed by atoms with van der Waals surface area (Å²) in [6.45, 7) is 7.35. The molecule has 2 aromatic rings. The number of ether oxygens (including phenoxy) is 2. The Morgan fingerprint density at radius 1 is 1.03 bits per heavy atom. The van der Waals surface area contributed by atoms with Crippen LogP contribution in [0.25, 0.3) is 0 Å². The molecule has 0 unspecified atom stereocenters. The third kappa shape index (κ3) is 5.12. The first-order valence-electron chi connectivity index (χ1n) is 9.96. The maximum atomic E-state index is 11.8. The summed E-state index contributed by atoms with van der Waals surface area (Å²) in [5, 5.41) is 0. The standard InChI is InChI=1S/C24H26O3S2/c1-4-26-23(25)20-12-9-18(10-13-20)7-8-19-11-14-22-21(17-19)24(28-5-2,29-6-3)15-16-27-22/h9-14,17H,4-6,15-16H2,1-3H3. The molecule has 0 amide bonds. The number of carbonyl (C=O) groups excluding carboxylic acids is 1. The lowest BCUT2D eigenvalue weighted by atomic mass is 10.0. The molecular formula is C24H26O3S2. The van der Waals surface area contributed by atoms with Crippen molar-refractivity contribution in [3.05, 3.63) is 64.7 Å². The highest BCUT2D eigenvalue weighted by Gasteiger charge is 2.38. The predicted molar refractivity (Wildman–Crippen MR) is 123 cm³/mol. The number of rotatable bonds is 6. The van der Waals surface area contributed by atoms with Crippen LogP contribution in [0.5, 0.6) is 5.75 Å². The molecule has 0 bridgehead atoms. The van der Waals surface area contributed by atoms with Crippen LogP contribution in [0.3, 0.4) is 0 Å². The fourth-order valence-corrected chi connectivity index (χ4v) is 6.38. The van der Waals surface area contributed by atoms with Gasteiger partial charge in [-0.1, -0.05) is 25.7 Å². The molecule has 0 aliphatic carbocycles. The third-order valence-electron chi connectivity index (χ3n) is 4.58. The zero-order valence-electron chi connectivity index (χ0n) is 17.1. The van der Waals surface area contributed by atoms with Gasteiger partial charge in [0.2, 0.25) is 0 Å². The Hall–Kier alpha value is -2.03. The number of thioether (sulfide) groups is 2. The second-order valence-corrected chi connectivity index (χ2v) is 9.86. The van der Waals surface area contributed by atoms with Crippen LogP contribution >= 0.6 is 23.5 Å². The summed E-state index contributed by atoms with van der Waals surface area (Å²) in [4.78, 5) is 11.8. The Bertz CT molecular complexity index is 904. The molecule has 0 N–H and O–H groups in total. The Kier molecular flexibility index (Phi) is 7.57. The molecule has 152 valence electrons. The van der Waals surface area contributed by atoms with Crippen molar-refractivity contribution in [3.63, 3.8) is 0 Å². The molecule has 2 aromatic carbocycles. The highest BCUT2D eigenvalue weighted by atomic mass is 32.2. The molecule has 0 saturated carbocycles. The number of carbonyl (C=O) groups is 1. The average Bonchev–Trinajstić information content (AvgIpc) is 2.73. The smallest absolute Gasteiger partial charge is 0.338 e. The summed E-state index contributed by atoms with van der Waals surface area (Å²) in [6, 6.07) is 13.5. The molecule has 1 heterocycles. The van der Waals surface area contributed by atoms with Crippen molar-refractivity contribution < 1.29 is 14.3 Å². The van der Waals surface area contributed by atoms with E-state index in [0.29, 0.717) is 12.2 Å². The molecule has 0 radical (unpaired) electrons. The quantitative estimate of drug-likeness (QED) is 0.336. The molecule has 0 spiro atoms. The van der Waals surface area contributed by atoms with Gasteiger partial charge in [-0.15, -0.1) is 23.5 Å². The molecule has 29 heavy (non-hydrogen) atoms. The van der Waals surface area contributed by atoms with Crippen LogP contribution in [0.1, 0.15) is 54.2 Å². The van der Waals surface area contributed by atoms with Crippen LogP contribution in [0.4, 0.5) is 0 Å². The molecular weight excluding hydrogens is 400 g/mol. The molecule has 0 atom stereocenters. The van der Waals surface area contributed by atoms with Crippen molar-refractivity contribution in [2.24, 2.45) is 0 Å². The zero-order chi connectivity index (χ0) is 20.7. The first-order chi connectivity index (χ1) is 14.1. The maximum absolute atomic E-state index is 11.8. The van der Waals surface area contributed by atoms with E-state index in [2.05, 4.69) is 31.8 Å². The van der Waals surface area contributed by atoms with Gasteiger partial charge in [0.05, 0.1) is 22.9 Å². The van der Waals surface area contributed by atoms with Crippen molar-refractivity contribution >= 4 is 29.5 Å². The van der Waals surface area contributed by atoms with Gasteiger partial charge in [-0.2, -0.15) is 0 Å². The molecule has 3 nitrogen and oxygen atoms in total. The molecule has 5 heteroatoms. The maximum Gasteiger partial charge on any atom is 0.338 e. The first-order valence-corrected chi connectivity index (χ1v) is 11.9. The summed E-state index contributed by atoms with van der Waals surface area (Å²) in [5.41, 5.74) is 3.62. The third-order valence-corrected chi connectivity index (χ3v) is 7.65. The van der Waals surface area contributed by atoms with Crippen molar-refractivity contribution in [2.45, 2.75) is 31.3 Å². The zero-order valence-corrected chi connectivity index (χ0v) is 18.8. The molecule has 1 aliphatic heterocycles. The van der Waals surface area contributed by atoms with Crippen LogP contribution in [0.2, 0.25) is 0 Å². The minimum Gasteiger partial charge on any atom is -0.493 e. The Morgan fingerprint density at radius 2 is 1.69 bits per heavy atom. The van der Waals surface area contributed by atoms with E-state index in [1.807, 2.05) is 47.8 Å². The van der Waals surface area contributed by atoms with Gasteiger partial charge >= 0.3 is 5.97 Å². The number of hydrogen-bond acceptors (Lipinski definition) is 5. The summed E-state index contributed by atoms with van der Waals surface area (Å²) in [7, 11) is 0. The van der Waals surface area contributed by atoms with Crippen molar-refractivity contribution in [1.82, 2.24) is 0 Å². The fraction of sp³-hybridized carbons (Fsp3) is 0.375. The number of hydrogen-bond donors (Lipinski definition) is 0. The summed E-state index contributed by atoms with van der Waals surface area (Å²) < 4.78 is 11.0. The summed E-state index contributed by atoms with van der Waals surface area (Å²) >= 11 is 3.98. The van der Waals surface area contributed by atoms with Gasteiger partial charge in [-0.25, -0.2) is 4.79 Å². The van der Waals surface area contributed by atoms with Crippen molar-refractivity contribution in [1.29, 1.82) is 0 Å². The molecule has 0 aromatic heterocycles. The van der Waals surface area contributed by atoms with Crippen LogP contribution in [-0.2, 0) is 8.82 Å². The van der Waals surface area contributed by atoms with Gasteiger partial charge in [-0.3, -0.25) is 0 Å². The van der Waals surface area contributed by atoms with E-state index in [9.17, 15) is 4.79 Å². The predicted octanol–water partition coefficient (Wildman–Crippen LogP) is 5.70. The van der Waals surface area contributed by atoms with Gasteiger partial charge < -0.3 is 9.47 Å². The average molecular weight is 427 g/mol. The topological polar surface area (TPSA) is 35.5 Å². The largest absolute Gasteiger partial charge is 0.493 e. The van der Waals surface area contributed by atoms with Crippen LogP contribution < -0.4 is 4.74 Å². The first kappa shape index (κ1) is 21.7.